The van der Waals surface area contributed by atoms with Gasteiger partial charge < -0.3 is 16.2 Å². The van der Waals surface area contributed by atoms with E-state index in [1.807, 2.05) is 13.8 Å². The van der Waals surface area contributed by atoms with Crippen LogP contribution in [0.5, 0.6) is 0 Å². The summed E-state index contributed by atoms with van der Waals surface area (Å²) in [6.07, 6.45) is -0.485. The number of primary amides is 1. The highest BCUT2D eigenvalue weighted by atomic mass is 35.5. The van der Waals surface area contributed by atoms with E-state index < -0.39 is 17.6 Å². The van der Waals surface area contributed by atoms with Gasteiger partial charge in [-0.3, -0.25) is 4.79 Å². The van der Waals surface area contributed by atoms with Crippen molar-refractivity contribution in [2.45, 2.75) is 39.0 Å². The lowest BCUT2D eigenvalue weighted by Gasteiger charge is -2.29. The summed E-state index contributed by atoms with van der Waals surface area (Å²) in [6.45, 7) is 6.05. The van der Waals surface area contributed by atoms with Gasteiger partial charge in [-0.2, -0.15) is 0 Å². The van der Waals surface area contributed by atoms with Crippen molar-refractivity contribution >= 4 is 17.5 Å². The Morgan fingerprint density at radius 2 is 2.17 bits per heavy atom. The van der Waals surface area contributed by atoms with Gasteiger partial charge in [0.05, 0.1) is 6.10 Å². The molecule has 1 amide bonds. The molecule has 0 aromatic heterocycles. The maximum absolute atomic E-state index is 11.0. The van der Waals surface area contributed by atoms with Gasteiger partial charge in [-0.1, -0.05) is 17.7 Å². The molecule has 4 nitrogen and oxygen atoms in total. The van der Waals surface area contributed by atoms with E-state index in [2.05, 4.69) is 5.32 Å². The Balaban J connectivity index is 2.78. The fourth-order valence-electron chi connectivity index (χ4n) is 1.31. The second-order valence-corrected chi connectivity index (χ2v) is 5.33. The highest BCUT2D eigenvalue weighted by Gasteiger charge is 2.23. The zero-order chi connectivity index (χ0) is 13.9. The second kappa shape index (κ2) is 5.69. The van der Waals surface area contributed by atoms with Crippen molar-refractivity contribution in [3.63, 3.8) is 0 Å². The van der Waals surface area contributed by atoms with Crippen LogP contribution in [0.1, 0.15) is 36.7 Å². The van der Waals surface area contributed by atoms with Gasteiger partial charge in [0.25, 0.3) is 0 Å². The number of carbonyl (C=O) groups is 1. The van der Waals surface area contributed by atoms with Gasteiger partial charge in [0.2, 0.25) is 5.91 Å². The van der Waals surface area contributed by atoms with Crippen molar-refractivity contribution in [2.24, 2.45) is 5.73 Å². The van der Waals surface area contributed by atoms with E-state index in [-0.39, 0.29) is 0 Å². The van der Waals surface area contributed by atoms with Crippen LogP contribution in [-0.2, 0) is 6.54 Å². The number of aliphatic hydroxyl groups excluding tert-OH is 1. The van der Waals surface area contributed by atoms with Crippen LogP contribution in [0.3, 0.4) is 0 Å². The standard InChI is InChI=1S/C13H19ClN2O2/c1-8(17)13(2,3)16-7-10-5-4-9(12(15)18)6-11(10)14/h4-6,8,16-17H,7H2,1-3H3,(H2,15,18). The zero-order valence-corrected chi connectivity index (χ0v) is 11.6. The molecule has 1 atom stereocenters. The molecular formula is C13H19ClN2O2. The Kier molecular flexibility index (Phi) is 4.73. The molecule has 4 N–H and O–H groups in total. The number of rotatable bonds is 5. The molecule has 1 aromatic carbocycles. The highest BCUT2D eigenvalue weighted by molar-refractivity contribution is 6.31. The van der Waals surface area contributed by atoms with Crippen LogP contribution in [-0.4, -0.2) is 22.7 Å². The Hall–Kier alpha value is -1.10. The summed E-state index contributed by atoms with van der Waals surface area (Å²) in [6, 6.07) is 4.95. The third kappa shape index (κ3) is 3.70. The lowest BCUT2D eigenvalue weighted by molar-refractivity contribution is 0.0956. The van der Waals surface area contributed by atoms with E-state index in [4.69, 9.17) is 17.3 Å². The number of hydrogen-bond acceptors (Lipinski definition) is 3. The first-order valence-corrected chi connectivity index (χ1v) is 6.13. The molecule has 0 spiro atoms. The normalized spacial score (nSPS) is 13.4. The Bertz CT molecular complexity index is 445. The minimum Gasteiger partial charge on any atom is -0.392 e. The number of halogens is 1. The molecule has 1 unspecified atom stereocenters. The van der Waals surface area contributed by atoms with E-state index in [9.17, 15) is 9.90 Å². The molecule has 0 saturated carbocycles. The molecule has 1 aromatic rings. The summed E-state index contributed by atoms with van der Waals surface area (Å²) in [5.41, 5.74) is 6.00. The SMILES string of the molecule is CC(O)C(C)(C)NCc1ccc(C(N)=O)cc1Cl. The fourth-order valence-corrected chi connectivity index (χ4v) is 1.56. The highest BCUT2D eigenvalue weighted by Crippen LogP contribution is 2.19. The molecule has 1 rings (SSSR count). The quantitative estimate of drug-likeness (QED) is 0.762. The average molecular weight is 271 g/mol. The van der Waals surface area contributed by atoms with Crippen molar-refractivity contribution in [1.29, 1.82) is 0 Å². The van der Waals surface area contributed by atoms with E-state index in [0.29, 0.717) is 17.1 Å². The summed E-state index contributed by atoms with van der Waals surface area (Å²) < 4.78 is 0. The molecule has 0 bridgehead atoms. The van der Waals surface area contributed by atoms with Crippen molar-refractivity contribution in [3.05, 3.63) is 34.3 Å². The van der Waals surface area contributed by atoms with Crippen molar-refractivity contribution < 1.29 is 9.90 Å². The van der Waals surface area contributed by atoms with Crippen LogP contribution in [0, 0.1) is 0 Å². The zero-order valence-electron chi connectivity index (χ0n) is 10.8. The van der Waals surface area contributed by atoms with E-state index in [1.165, 1.54) is 0 Å². The smallest absolute Gasteiger partial charge is 0.248 e. The summed E-state index contributed by atoms with van der Waals surface area (Å²) in [4.78, 5) is 11.0. The molecule has 0 aliphatic carbocycles. The molecule has 0 saturated heterocycles. The van der Waals surface area contributed by atoms with Crippen LogP contribution in [0.25, 0.3) is 0 Å². The van der Waals surface area contributed by atoms with Crippen LogP contribution < -0.4 is 11.1 Å². The minimum atomic E-state index is -0.499. The monoisotopic (exact) mass is 270 g/mol. The van der Waals surface area contributed by atoms with Gasteiger partial charge in [-0.15, -0.1) is 0 Å². The Morgan fingerprint density at radius 1 is 1.56 bits per heavy atom. The van der Waals surface area contributed by atoms with E-state index in [0.717, 1.165) is 5.56 Å². The maximum atomic E-state index is 11.0. The minimum absolute atomic E-state index is 0.388. The van der Waals surface area contributed by atoms with E-state index in [1.54, 1.807) is 25.1 Å². The summed E-state index contributed by atoms with van der Waals surface area (Å²) in [5, 5.41) is 13.3. The molecular weight excluding hydrogens is 252 g/mol. The Labute approximate surface area is 112 Å². The number of benzene rings is 1. The van der Waals surface area contributed by atoms with Crippen LogP contribution >= 0.6 is 11.6 Å². The first-order chi connectivity index (χ1) is 8.24. The van der Waals surface area contributed by atoms with Gasteiger partial charge in [-0.25, -0.2) is 0 Å². The van der Waals surface area contributed by atoms with Crippen LogP contribution in [0.2, 0.25) is 5.02 Å². The summed E-state index contributed by atoms with van der Waals surface area (Å²) in [5.74, 6) is -0.499. The lowest BCUT2D eigenvalue weighted by atomic mass is 9.98. The number of nitrogens with two attached hydrogens (primary N) is 1. The van der Waals surface area contributed by atoms with Gasteiger partial charge in [0, 0.05) is 22.7 Å². The second-order valence-electron chi connectivity index (χ2n) is 4.92. The molecule has 0 aliphatic heterocycles. The number of nitrogens with one attached hydrogen (secondary N) is 1. The van der Waals surface area contributed by atoms with Crippen molar-refractivity contribution in [3.8, 4) is 0 Å². The fraction of sp³-hybridized carbons (Fsp3) is 0.462. The summed E-state index contributed by atoms with van der Waals surface area (Å²) >= 11 is 6.07. The predicted molar refractivity (Wildman–Crippen MR) is 72.6 cm³/mol. The van der Waals surface area contributed by atoms with Crippen LogP contribution in [0.4, 0.5) is 0 Å². The van der Waals surface area contributed by atoms with Crippen molar-refractivity contribution in [1.82, 2.24) is 5.32 Å². The predicted octanol–water partition coefficient (Wildman–Crippen LogP) is 1.69. The average Bonchev–Trinajstić information content (AvgIpc) is 2.26. The summed E-state index contributed by atoms with van der Waals surface area (Å²) in [7, 11) is 0. The number of aliphatic hydroxyl groups is 1. The molecule has 0 heterocycles. The molecule has 18 heavy (non-hydrogen) atoms. The molecule has 100 valence electrons. The first-order valence-electron chi connectivity index (χ1n) is 5.75. The van der Waals surface area contributed by atoms with Gasteiger partial charge in [0.1, 0.15) is 0 Å². The van der Waals surface area contributed by atoms with Gasteiger partial charge in [0.15, 0.2) is 0 Å². The molecule has 0 radical (unpaired) electrons. The molecule has 5 heteroatoms. The first kappa shape index (κ1) is 15.0. The molecule has 0 aliphatic rings. The van der Waals surface area contributed by atoms with Gasteiger partial charge in [-0.05, 0) is 38.5 Å². The number of hydrogen-bond donors (Lipinski definition) is 3. The number of amides is 1. The van der Waals surface area contributed by atoms with Crippen molar-refractivity contribution in [2.75, 3.05) is 0 Å². The topological polar surface area (TPSA) is 75.3 Å². The number of carbonyl (C=O) groups excluding carboxylic acids is 1. The Morgan fingerprint density at radius 3 is 2.61 bits per heavy atom. The van der Waals surface area contributed by atoms with Crippen LogP contribution in [0.15, 0.2) is 18.2 Å². The third-order valence-electron chi connectivity index (χ3n) is 3.12. The van der Waals surface area contributed by atoms with E-state index >= 15 is 0 Å². The lowest BCUT2D eigenvalue weighted by Crippen LogP contribution is -2.47. The largest absolute Gasteiger partial charge is 0.392 e. The third-order valence-corrected chi connectivity index (χ3v) is 3.47. The maximum Gasteiger partial charge on any atom is 0.248 e. The van der Waals surface area contributed by atoms with Gasteiger partial charge >= 0.3 is 0 Å². The molecule has 0 fully saturated rings.